The van der Waals surface area contributed by atoms with Gasteiger partial charge >= 0.3 is 5.97 Å². The lowest BCUT2D eigenvalue weighted by Gasteiger charge is -2.08. The number of carboxylic acid groups (broad SMARTS) is 1. The predicted molar refractivity (Wildman–Crippen MR) is 61.5 cm³/mol. The van der Waals surface area contributed by atoms with Gasteiger partial charge in [-0.25, -0.2) is 9.78 Å². The van der Waals surface area contributed by atoms with Crippen molar-refractivity contribution < 1.29 is 9.90 Å². The van der Waals surface area contributed by atoms with Crippen LogP contribution in [0.4, 0.5) is 0 Å². The molecule has 1 aromatic heterocycles. The molecule has 1 N–H and O–H groups in total. The van der Waals surface area contributed by atoms with Gasteiger partial charge in [0.15, 0.2) is 0 Å². The summed E-state index contributed by atoms with van der Waals surface area (Å²) in [6.07, 6.45) is 1.08. The molecule has 1 atom stereocenters. The van der Waals surface area contributed by atoms with Crippen molar-refractivity contribution in [1.82, 2.24) is 4.98 Å². The Labute approximate surface area is 93.9 Å². The van der Waals surface area contributed by atoms with E-state index in [1.807, 2.05) is 0 Å². The Morgan fingerprint density at radius 1 is 1.60 bits per heavy atom. The highest BCUT2D eigenvalue weighted by Crippen LogP contribution is 2.24. The van der Waals surface area contributed by atoms with Crippen molar-refractivity contribution >= 4 is 17.7 Å². The minimum absolute atomic E-state index is 0.281. The lowest BCUT2D eigenvalue weighted by atomic mass is 10.2. The van der Waals surface area contributed by atoms with E-state index in [1.54, 1.807) is 30.8 Å². The summed E-state index contributed by atoms with van der Waals surface area (Å²) in [4.78, 5) is 15.0. The standard InChI is InChI=1S/C11H15NO2S/c1-4-7(2)15-10-6-5-9(11(13)14)8(3)12-10/h5-7H,4H2,1-3H3,(H,13,14). The molecule has 3 nitrogen and oxygen atoms in total. The van der Waals surface area contributed by atoms with Crippen molar-refractivity contribution in [1.29, 1.82) is 0 Å². The fourth-order valence-corrected chi connectivity index (χ4v) is 2.03. The third-order valence-electron chi connectivity index (χ3n) is 2.19. The van der Waals surface area contributed by atoms with Crippen LogP contribution in [0.1, 0.15) is 36.3 Å². The highest BCUT2D eigenvalue weighted by molar-refractivity contribution is 7.99. The molecule has 0 aromatic carbocycles. The third kappa shape index (κ3) is 3.23. The van der Waals surface area contributed by atoms with Crippen LogP contribution in [0.25, 0.3) is 0 Å². The first-order valence-corrected chi connectivity index (χ1v) is 5.80. The molecule has 82 valence electrons. The van der Waals surface area contributed by atoms with Crippen molar-refractivity contribution in [2.75, 3.05) is 0 Å². The molecule has 1 rings (SSSR count). The van der Waals surface area contributed by atoms with Crippen LogP contribution in [0.15, 0.2) is 17.2 Å². The number of hydrogen-bond acceptors (Lipinski definition) is 3. The van der Waals surface area contributed by atoms with Gasteiger partial charge in [0.05, 0.1) is 16.3 Å². The topological polar surface area (TPSA) is 50.2 Å². The molecular weight excluding hydrogens is 210 g/mol. The summed E-state index contributed by atoms with van der Waals surface area (Å²) in [6, 6.07) is 3.39. The molecule has 0 aliphatic rings. The first-order chi connectivity index (χ1) is 7.04. The highest BCUT2D eigenvalue weighted by Gasteiger charge is 2.10. The summed E-state index contributed by atoms with van der Waals surface area (Å²) in [5.41, 5.74) is 0.860. The first kappa shape index (κ1) is 12.0. The maximum absolute atomic E-state index is 10.8. The van der Waals surface area contributed by atoms with E-state index in [-0.39, 0.29) is 5.56 Å². The molecule has 1 heterocycles. The Balaban J connectivity index is 2.87. The van der Waals surface area contributed by atoms with Crippen LogP contribution in [0.2, 0.25) is 0 Å². The van der Waals surface area contributed by atoms with Crippen molar-refractivity contribution in [3.8, 4) is 0 Å². The number of carboxylic acids is 1. The smallest absolute Gasteiger partial charge is 0.337 e. The van der Waals surface area contributed by atoms with Gasteiger partial charge < -0.3 is 5.11 Å². The molecule has 0 amide bonds. The number of pyridine rings is 1. The maximum atomic E-state index is 10.8. The molecule has 1 aromatic rings. The molecule has 0 fully saturated rings. The molecule has 0 saturated heterocycles. The average Bonchev–Trinajstić information content (AvgIpc) is 2.17. The molecule has 1 unspecified atom stereocenters. The molecule has 0 radical (unpaired) electrons. The minimum Gasteiger partial charge on any atom is -0.478 e. The van der Waals surface area contributed by atoms with Gasteiger partial charge in [-0.2, -0.15) is 0 Å². The largest absolute Gasteiger partial charge is 0.478 e. The lowest BCUT2D eigenvalue weighted by Crippen LogP contribution is -2.03. The van der Waals surface area contributed by atoms with Crippen LogP contribution in [-0.4, -0.2) is 21.3 Å². The molecule has 4 heteroatoms. The van der Waals surface area contributed by atoms with Gasteiger partial charge in [-0.3, -0.25) is 0 Å². The molecule has 0 bridgehead atoms. The quantitative estimate of drug-likeness (QED) is 0.800. The average molecular weight is 225 g/mol. The number of rotatable bonds is 4. The van der Waals surface area contributed by atoms with Gasteiger partial charge in [0.25, 0.3) is 0 Å². The summed E-state index contributed by atoms with van der Waals surface area (Å²) in [6.45, 7) is 5.98. The van der Waals surface area contributed by atoms with E-state index in [1.165, 1.54) is 0 Å². The molecule has 0 spiro atoms. The fourth-order valence-electron chi connectivity index (χ4n) is 1.12. The van der Waals surface area contributed by atoms with E-state index in [0.29, 0.717) is 10.9 Å². The van der Waals surface area contributed by atoms with Crippen molar-refractivity contribution in [2.24, 2.45) is 0 Å². The molecule has 15 heavy (non-hydrogen) atoms. The van der Waals surface area contributed by atoms with Crippen LogP contribution in [-0.2, 0) is 0 Å². The molecule has 0 aliphatic heterocycles. The Kier molecular flexibility index (Phi) is 4.15. The Bertz CT molecular complexity index is 366. The van der Waals surface area contributed by atoms with E-state index in [4.69, 9.17) is 5.11 Å². The van der Waals surface area contributed by atoms with E-state index >= 15 is 0 Å². The molecule has 0 aliphatic carbocycles. The minimum atomic E-state index is -0.917. The predicted octanol–water partition coefficient (Wildman–Crippen LogP) is 2.98. The second-order valence-corrected chi connectivity index (χ2v) is 4.88. The Morgan fingerprint density at radius 2 is 2.27 bits per heavy atom. The summed E-state index contributed by atoms with van der Waals surface area (Å²) >= 11 is 1.67. The number of thioether (sulfide) groups is 1. The monoisotopic (exact) mass is 225 g/mol. The van der Waals surface area contributed by atoms with E-state index in [0.717, 1.165) is 11.4 Å². The Hall–Kier alpha value is -1.03. The van der Waals surface area contributed by atoms with E-state index < -0.39 is 5.97 Å². The first-order valence-electron chi connectivity index (χ1n) is 4.92. The van der Waals surface area contributed by atoms with Crippen molar-refractivity contribution in [3.05, 3.63) is 23.4 Å². The van der Waals surface area contributed by atoms with Crippen molar-refractivity contribution in [2.45, 2.75) is 37.5 Å². The summed E-state index contributed by atoms with van der Waals surface area (Å²) in [5.74, 6) is -0.917. The van der Waals surface area contributed by atoms with Crippen LogP contribution in [0.5, 0.6) is 0 Å². The van der Waals surface area contributed by atoms with Gasteiger partial charge in [0, 0.05) is 5.25 Å². The van der Waals surface area contributed by atoms with Gasteiger partial charge in [-0.1, -0.05) is 13.8 Å². The Morgan fingerprint density at radius 3 is 2.73 bits per heavy atom. The van der Waals surface area contributed by atoms with Gasteiger partial charge in [-0.05, 0) is 25.5 Å². The normalized spacial score (nSPS) is 12.5. The van der Waals surface area contributed by atoms with Crippen LogP contribution in [0, 0.1) is 6.92 Å². The zero-order valence-corrected chi connectivity index (χ0v) is 9.97. The molecule has 0 saturated carbocycles. The van der Waals surface area contributed by atoms with Crippen LogP contribution >= 0.6 is 11.8 Å². The highest BCUT2D eigenvalue weighted by atomic mass is 32.2. The van der Waals surface area contributed by atoms with E-state index in [9.17, 15) is 4.79 Å². The zero-order chi connectivity index (χ0) is 11.4. The number of carbonyl (C=O) groups is 1. The summed E-state index contributed by atoms with van der Waals surface area (Å²) in [7, 11) is 0. The fraction of sp³-hybridized carbons (Fsp3) is 0.455. The number of aromatic nitrogens is 1. The molecular formula is C11H15NO2S. The zero-order valence-electron chi connectivity index (χ0n) is 9.15. The van der Waals surface area contributed by atoms with Crippen LogP contribution in [0.3, 0.4) is 0 Å². The maximum Gasteiger partial charge on any atom is 0.337 e. The SMILES string of the molecule is CCC(C)Sc1ccc(C(=O)O)c(C)n1. The second kappa shape index (κ2) is 5.16. The van der Waals surface area contributed by atoms with Crippen molar-refractivity contribution in [3.63, 3.8) is 0 Å². The second-order valence-electron chi connectivity index (χ2n) is 3.42. The van der Waals surface area contributed by atoms with Gasteiger partial charge in [-0.15, -0.1) is 11.8 Å². The third-order valence-corrected chi connectivity index (χ3v) is 3.39. The van der Waals surface area contributed by atoms with E-state index in [2.05, 4.69) is 18.8 Å². The van der Waals surface area contributed by atoms with Gasteiger partial charge in [0.1, 0.15) is 0 Å². The number of aryl methyl sites for hydroxylation is 1. The number of nitrogens with zero attached hydrogens (tertiary/aromatic N) is 1. The summed E-state index contributed by atoms with van der Waals surface area (Å²) < 4.78 is 0. The van der Waals surface area contributed by atoms with Crippen LogP contribution < -0.4 is 0 Å². The summed E-state index contributed by atoms with van der Waals surface area (Å²) in [5, 5.41) is 10.2. The number of hydrogen-bond donors (Lipinski definition) is 1. The number of aromatic carboxylic acids is 1. The van der Waals surface area contributed by atoms with Gasteiger partial charge in [0.2, 0.25) is 0 Å². The lowest BCUT2D eigenvalue weighted by molar-refractivity contribution is 0.0695.